The van der Waals surface area contributed by atoms with Crippen molar-refractivity contribution in [1.29, 1.82) is 0 Å². The molecule has 1 aliphatic rings. The molecule has 6 nitrogen and oxygen atoms in total. The average Bonchev–Trinajstić information content (AvgIpc) is 3.18. The van der Waals surface area contributed by atoms with E-state index in [-0.39, 0.29) is 17.9 Å². The molecule has 3 amide bonds. The van der Waals surface area contributed by atoms with Crippen LogP contribution in [0.4, 0.5) is 0 Å². The smallest absolute Gasteiger partial charge is 0.257 e. The molecule has 0 saturated carbocycles. The molecule has 8 heteroatoms. The van der Waals surface area contributed by atoms with Crippen LogP contribution in [0.5, 0.6) is 0 Å². The normalized spacial score (nSPS) is 16.9. The average molecular weight is 615 g/mol. The summed E-state index contributed by atoms with van der Waals surface area (Å²) in [5, 5.41) is 2.84. The number of nitrogens with one attached hydrogen (secondary N) is 1. The van der Waals surface area contributed by atoms with Crippen molar-refractivity contribution in [2.75, 3.05) is 13.7 Å². The lowest BCUT2D eigenvalue weighted by Gasteiger charge is -2.18. The van der Waals surface area contributed by atoms with Crippen molar-refractivity contribution in [2.24, 2.45) is 5.92 Å². The molecule has 192 valence electrons. The molecule has 0 fully saturated rings. The van der Waals surface area contributed by atoms with Crippen molar-refractivity contribution in [3.63, 3.8) is 0 Å². The molecule has 0 aromatic carbocycles. The molecule has 0 aliphatic carbocycles. The van der Waals surface area contributed by atoms with E-state index in [1.165, 1.54) is 29.7 Å². The van der Waals surface area contributed by atoms with E-state index in [2.05, 4.69) is 50.8 Å². The minimum atomic E-state index is -0.422. The number of methoxy groups -OCH3 is 1. The van der Waals surface area contributed by atoms with Gasteiger partial charge in [-0.1, -0.05) is 48.2 Å². The van der Waals surface area contributed by atoms with Gasteiger partial charge in [0.2, 0.25) is 5.91 Å². The molecule has 0 bridgehead atoms. The molecule has 1 N–H and O–H groups in total. The van der Waals surface area contributed by atoms with Gasteiger partial charge >= 0.3 is 0 Å². The number of imide groups is 1. The minimum Gasteiger partial charge on any atom is -0.501 e. The van der Waals surface area contributed by atoms with Gasteiger partial charge in [0.1, 0.15) is 5.76 Å². The summed E-state index contributed by atoms with van der Waals surface area (Å²) >= 11 is 8.01. The van der Waals surface area contributed by atoms with Gasteiger partial charge in [0.05, 0.1) is 13.2 Å². The number of halogens is 2. The van der Waals surface area contributed by atoms with E-state index in [1.807, 2.05) is 6.08 Å². The Morgan fingerprint density at radius 2 is 2.09 bits per heavy atom. The largest absolute Gasteiger partial charge is 0.501 e. The molecule has 1 aliphatic heterocycles. The van der Waals surface area contributed by atoms with Crippen LogP contribution in [0.25, 0.3) is 0 Å². The van der Waals surface area contributed by atoms with E-state index in [4.69, 9.17) is 16.3 Å². The van der Waals surface area contributed by atoms with Crippen molar-refractivity contribution in [1.82, 2.24) is 10.2 Å². The van der Waals surface area contributed by atoms with Crippen LogP contribution in [0.1, 0.15) is 65.2 Å². The zero-order valence-corrected chi connectivity index (χ0v) is 23.7. The molecule has 0 spiro atoms. The molecule has 1 heterocycles. The van der Waals surface area contributed by atoms with Gasteiger partial charge in [-0.15, -0.1) is 0 Å². The van der Waals surface area contributed by atoms with Crippen LogP contribution in [-0.4, -0.2) is 42.3 Å². The molecule has 35 heavy (non-hydrogen) atoms. The maximum Gasteiger partial charge on any atom is 0.257 e. The van der Waals surface area contributed by atoms with E-state index in [0.29, 0.717) is 37.5 Å². The van der Waals surface area contributed by atoms with Crippen molar-refractivity contribution in [3.05, 3.63) is 47.2 Å². The predicted octanol–water partition coefficient (Wildman–Crippen LogP) is 5.78. The third kappa shape index (κ3) is 13.0. The Morgan fingerprint density at radius 3 is 2.71 bits per heavy atom. The van der Waals surface area contributed by atoms with Crippen LogP contribution in [0.2, 0.25) is 0 Å². The summed E-state index contributed by atoms with van der Waals surface area (Å²) in [4.78, 5) is 37.4. The van der Waals surface area contributed by atoms with Crippen LogP contribution in [-0.2, 0) is 19.1 Å². The van der Waals surface area contributed by atoms with Gasteiger partial charge in [0, 0.05) is 66.1 Å². The lowest BCUT2D eigenvalue weighted by Crippen LogP contribution is -2.37. The maximum atomic E-state index is 12.3. The summed E-state index contributed by atoms with van der Waals surface area (Å²) in [5.41, 5.74) is 2.95. The van der Waals surface area contributed by atoms with Crippen molar-refractivity contribution in [3.8, 4) is 9.85 Å². The van der Waals surface area contributed by atoms with Crippen LogP contribution >= 0.6 is 34.2 Å². The Balaban J connectivity index is 2.27. The Kier molecular flexibility index (Phi) is 16.2. The number of unbranched alkanes of at least 4 members (excludes halogenated alkanes) is 1. The first-order valence-corrected chi connectivity index (χ1v) is 13.4. The monoisotopic (exact) mass is 614 g/mol. The second kappa shape index (κ2) is 18.3. The third-order valence-corrected chi connectivity index (χ3v) is 6.27. The number of rotatable bonds is 15. The Hall–Kier alpha value is -2.05. The van der Waals surface area contributed by atoms with E-state index < -0.39 is 5.91 Å². The number of amides is 3. The Bertz CT molecular complexity index is 899. The summed E-state index contributed by atoms with van der Waals surface area (Å²) in [6.07, 6.45) is 14.9. The predicted molar refractivity (Wildman–Crippen MR) is 150 cm³/mol. The summed E-state index contributed by atoms with van der Waals surface area (Å²) in [5.74, 6) is 3.07. The van der Waals surface area contributed by atoms with E-state index in [0.717, 1.165) is 32.1 Å². The molecular weight excluding hydrogens is 579 g/mol. The van der Waals surface area contributed by atoms with Crippen LogP contribution < -0.4 is 5.32 Å². The number of allylic oxidation sites excluding steroid dienone is 3. The summed E-state index contributed by atoms with van der Waals surface area (Å²) < 4.78 is 8.12. The van der Waals surface area contributed by atoms with Crippen LogP contribution in [0.15, 0.2) is 47.2 Å². The lowest BCUT2D eigenvalue weighted by atomic mass is 9.98. The number of nitrogens with zero attached hydrogens (tertiary/aromatic N) is 1. The summed E-state index contributed by atoms with van der Waals surface area (Å²) in [6.45, 7) is 4.29. The highest BCUT2D eigenvalue weighted by atomic mass is 127. The zero-order valence-electron chi connectivity index (χ0n) is 20.8. The molecule has 0 saturated heterocycles. The topological polar surface area (TPSA) is 75.7 Å². The van der Waals surface area contributed by atoms with Crippen LogP contribution in [0, 0.1) is 15.8 Å². The highest BCUT2D eigenvalue weighted by Gasteiger charge is 2.27. The highest BCUT2D eigenvalue weighted by molar-refractivity contribution is 14.1. The number of hydrogen-bond donors (Lipinski definition) is 1. The molecule has 2 atom stereocenters. The minimum absolute atomic E-state index is 0.0569. The number of hydrogen-bond acceptors (Lipinski definition) is 4. The van der Waals surface area contributed by atoms with Gasteiger partial charge in [0.15, 0.2) is 0 Å². The summed E-state index contributed by atoms with van der Waals surface area (Å²) in [7, 11) is 1.47. The van der Waals surface area contributed by atoms with Gasteiger partial charge in [-0.3, -0.25) is 19.3 Å². The molecule has 0 aromatic heterocycles. The number of carbonyl (C=O) groups is 3. The second-order valence-electron chi connectivity index (χ2n) is 8.44. The number of carbonyl (C=O) groups excluding carboxylic acids is 3. The molecule has 1 unspecified atom stereocenters. The van der Waals surface area contributed by atoms with Crippen molar-refractivity contribution < 1.29 is 19.1 Å². The van der Waals surface area contributed by atoms with E-state index in [1.54, 1.807) is 18.5 Å². The van der Waals surface area contributed by atoms with Crippen LogP contribution in [0.3, 0.4) is 0 Å². The fourth-order valence-electron chi connectivity index (χ4n) is 3.49. The number of ether oxygens (including phenoxy) is 1. The Morgan fingerprint density at radius 1 is 1.31 bits per heavy atom. The SMILES string of the molecule is CO/C(=C/C(=O)N1C(=O)C=C[C@@H]1C)CCNC(=O)CC/C=C/C(C)CC/C(=C/Cl)CCCC#CI. The summed E-state index contributed by atoms with van der Waals surface area (Å²) in [6, 6.07) is -0.274. The van der Waals surface area contributed by atoms with Crippen molar-refractivity contribution in [2.45, 2.75) is 71.3 Å². The maximum absolute atomic E-state index is 12.3. The first-order valence-electron chi connectivity index (χ1n) is 11.9. The fraction of sp³-hybridized carbons (Fsp3) is 0.519. The standard InChI is InChI=1S/C27H36ClIN2O4/c1-21(12-14-23(20-28)10-5-4-8-17-29)9-6-7-11-25(32)30-18-16-24(35-3)19-27(34)31-22(2)13-15-26(31)33/h6,9,13,15,19-22H,4-5,7,10-12,14,16,18H2,1-3H3,(H,30,32)/b9-6+,23-20+,24-19+/t21?,22-/m0/s1. The highest BCUT2D eigenvalue weighted by Crippen LogP contribution is 2.19. The van der Waals surface area contributed by atoms with Gasteiger partial charge < -0.3 is 10.1 Å². The zero-order chi connectivity index (χ0) is 26.1. The van der Waals surface area contributed by atoms with Gasteiger partial charge in [-0.2, -0.15) is 0 Å². The molecule has 0 aromatic rings. The first kappa shape index (κ1) is 31.0. The quantitative estimate of drug-likeness (QED) is 0.0634. The first-order chi connectivity index (χ1) is 16.8. The lowest BCUT2D eigenvalue weighted by molar-refractivity contribution is -0.139. The molecule has 1 rings (SSSR count). The van der Waals surface area contributed by atoms with Gasteiger partial charge in [0.25, 0.3) is 11.8 Å². The van der Waals surface area contributed by atoms with E-state index in [9.17, 15) is 14.4 Å². The molecular formula is C27H36ClIN2O4. The fourth-order valence-corrected chi connectivity index (χ4v) is 3.98. The molecule has 0 radical (unpaired) electrons. The van der Waals surface area contributed by atoms with E-state index >= 15 is 0 Å². The third-order valence-electron chi connectivity index (χ3n) is 5.58. The second-order valence-corrected chi connectivity index (χ2v) is 9.19. The van der Waals surface area contributed by atoms with Gasteiger partial charge in [-0.25, -0.2) is 0 Å². The Labute approximate surface area is 228 Å². The van der Waals surface area contributed by atoms with Gasteiger partial charge in [-0.05, 0) is 48.9 Å². The van der Waals surface area contributed by atoms with Crippen molar-refractivity contribution >= 4 is 51.9 Å².